The summed E-state index contributed by atoms with van der Waals surface area (Å²) in [5, 5.41) is 0. The molecule has 136 valence electrons. The van der Waals surface area contributed by atoms with Gasteiger partial charge in [0.2, 0.25) is 0 Å². The highest BCUT2D eigenvalue weighted by atomic mass is 14.2. The molecule has 0 unspecified atom stereocenters. The summed E-state index contributed by atoms with van der Waals surface area (Å²) in [5.41, 5.74) is 11.5. The molecule has 0 spiro atoms. The largest absolute Gasteiger partial charge is 0.0620 e. The highest BCUT2D eigenvalue weighted by molar-refractivity contribution is 5.45. The van der Waals surface area contributed by atoms with Crippen LogP contribution in [0.2, 0.25) is 0 Å². The molecule has 4 aromatic carbocycles. The van der Waals surface area contributed by atoms with Gasteiger partial charge in [-0.05, 0) is 70.2 Å². The molecule has 0 amide bonds. The van der Waals surface area contributed by atoms with Gasteiger partial charge in [0.15, 0.2) is 0 Å². The van der Waals surface area contributed by atoms with Crippen LogP contribution in [0.4, 0.5) is 0 Å². The van der Waals surface area contributed by atoms with E-state index in [0.29, 0.717) is 0 Å². The maximum atomic E-state index is 2.30. The first kappa shape index (κ1) is 17.0. The summed E-state index contributed by atoms with van der Waals surface area (Å²) in [5.74, 6) is 0. The Hall–Kier alpha value is -3.12. The fourth-order valence-electron chi connectivity index (χ4n) is 4.43. The zero-order valence-electron chi connectivity index (χ0n) is 16.1. The Morgan fingerprint density at radius 1 is 0.250 bits per heavy atom. The van der Waals surface area contributed by atoms with E-state index < -0.39 is 0 Å². The van der Waals surface area contributed by atoms with Crippen molar-refractivity contribution in [3.63, 3.8) is 0 Å². The minimum atomic E-state index is 0.997. The molecule has 0 saturated heterocycles. The van der Waals surface area contributed by atoms with Crippen molar-refractivity contribution in [2.75, 3.05) is 0 Å². The summed E-state index contributed by atoms with van der Waals surface area (Å²) in [6.07, 6.45) is 3.99. The molecule has 0 bridgehead atoms. The lowest BCUT2D eigenvalue weighted by molar-refractivity contribution is 1.00. The van der Waals surface area contributed by atoms with Gasteiger partial charge in [-0.15, -0.1) is 0 Å². The second-order valence-corrected chi connectivity index (χ2v) is 7.78. The van der Waals surface area contributed by atoms with Crippen molar-refractivity contribution >= 4 is 0 Å². The van der Waals surface area contributed by atoms with Crippen molar-refractivity contribution in [2.45, 2.75) is 25.7 Å². The average molecular weight is 361 g/mol. The van der Waals surface area contributed by atoms with Gasteiger partial charge < -0.3 is 0 Å². The highest BCUT2D eigenvalue weighted by Gasteiger charge is 2.14. The number of rotatable bonds is 0. The van der Waals surface area contributed by atoms with Crippen LogP contribution in [0.15, 0.2) is 97.1 Å². The van der Waals surface area contributed by atoms with Gasteiger partial charge in [0.05, 0.1) is 0 Å². The zero-order valence-corrected chi connectivity index (χ0v) is 16.1. The molecule has 1 aliphatic carbocycles. The van der Waals surface area contributed by atoms with Crippen molar-refractivity contribution in [3.8, 4) is 0 Å². The smallest absolute Gasteiger partial charge is 0.00201 e. The van der Waals surface area contributed by atoms with Gasteiger partial charge in [-0.2, -0.15) is 0 Å². The van der Waals surface area contributed by atoms with Crippen LogP contribution in [0.5, 0.6) is 0 Å². The molecule has 0 fully saturated rings. The van der Waals surface area contributed by atoms with Crippen LogP contribution in [0.25, 0.3) is 0 Å². The first-order valence-electron chi connectivity index (χ1n) is 10.1. The third-order valence-corrected chi connectivity index (χ3v) is 6.00. The van der Waals surface area contributed by atoms with E-state index in [1.54, 1.807) is 0 Å². The molecule has 0 saturated carbocycles. The normalized spacial score (nSPS) is 13.1. The maximum Gasteiger partial charge on any atom is -0.00201 e. The number of hydrogen-bond acceptors (Lipinski definition) is 0. The lowest BCUT2D eigenvalue weighted by Crippen LogP contribution is -2.06. The molecule has 0 nitrogen and oxygen atoms in total. The topological polar surface area (TPSA) is 0 Å². The summed E-state index contributed by atoms with van der Waals surface area (Å²) >= 11 is 0. The lowest BCUT2D eigenvalue weighted by atomic mass is 9.86. The van der Waals surface area contributed by atoms with Crippen molar-refractivity contribution in [1.29, 1.82) is 0 Å². The molecule has 0 heteroatoms. The molecule has 0 aromatic heterocycles. The van der Waals surface area contributed by atoms with Gasteiger partial charge in [-0.25, -0.2) is 0 Å². The molecular formula is C28H24. The lowest BCUT2D eigenvalue weighted by Gasteiger charge is -2.18. The molecule has 28 heavy (non-hydrogen) atoms. The third kappa shape index (κ3) is 3.39. The number of benzene rings is 4. The molecule has 0 N–H and O–H groups in total. The molecule has 1 aliphatic rings. The van der Waals surface area contributed by atoms with E-state index in [-0.39, 0.29) is 0 Å². The van der Waals surface area contributed by atoms with Gasteiger partial charge >= 0.3 is 0 Å². The van der Waals surface area contributed by atoms with Crippen LogP contribution in [0.1, 0.15) is 44.5 Å². The van der Waals surface area contributed by atoms with E-state index >= 15 is 0 Å². The van der Waals surface area contributed by atoms with Crippen molar-refractivity contribution in [1.82, 2.24) is 0 Å². The Balaban J connectivity index is 1.70. The van der Waals surface area contributed by atoms with Crippen LogP contribution in [-0.2, 0) is 25.7 Å². The molecule has 0 aliphatic heterocycles. The quantitative estimate of drug-likeness (QED) is 0.301. The molecule has 0 heterocycles. The summed E-state index contributed by atoms with van der Waals surface area (Å²) in [4.78, 5) is 0. The Labute approximate surface area is 167 Å². The molecule has 5 rings (SSSR count). The van der Waals surface area contributed by atoms with Crippen LogP contribution in [-0.4, -0.2) is 0 Å². The van der Waals surface area contributed by atoms with Crippen LogP contribution in [0, 0.1) is 0 Å². The number of hydrogen-bond donors (Lipinski definition) is 0. The monoisotopic (exact) mass is 360 g/mol. The average Bonchev–Trinajstić information content (AvgIpc) is 2.73. The van der Waals surface area contributed by atoms with Crippen LogP contribution < -0.4 is 0 Å². The van der Waals surface area contributed by atoms with E-state index in [9.17, 15) is 0 Å². The van der Waals surface area contributed by atoms with E-state index in [1.165, 1.54) is 44.5 Å². The minimum absolute atomic E-state index is 0.997. The molecule has 4 aromatic rings. The van der Waals surface area contributed by atoms with Gasteiger partial charge in [0.25, 0.3) is 0 Å². The molecule has 0 radical (unpaired) electrons. The van der Waals surface area contributed by atoms with Gasteiger partial charge in [-0.3, -0.25) is 0 Å². The number of fused-ring (bicyclic) bond motifs is 4. The SMILES string of the molecule is c1ccc2c(c1)Cc1ccccc1Cc1ccccc1Cc1ccccc1C2. The van der Waals surface area contributed by atoms with E-state index in [1.807, 2.05) is 0 Å². The fourth-order valence-corrected chi connectivity index (χ4v) is 4.43. The summed E-state index contributed by atoms with van der Waals surface area (Å²) in [6.45, 7) is 0. The van der Waals surface area contributed by atoms with Crippen molar-refractivity contribution in [3.05, 3.63) is 142 Å². The zero-order chi connectivity index (χ0) is 18.8. The standard InChI is InChI=1S/C28H24/c1-2-10-22-18-24-12-5-6-14-26(24)20-28-16-8-7-15-27(28)19-25-13-4-3-11-23(25)17-21(22)9-1/h1-16H,17-20H2. The molecule has 0 atom stereocenters. The van der Waals surface area contributed by atoms with Crippen molar-refractivity contribution in [2.24, 2.45) is 0 Å². The Bertz CT molecular complexity index is 854. The summed E-state index contributed by atoms with van der Waals surface area (Å²) < 4.78 is 0. The van der Waals surface area contributed by atoms with Gasteiger partial charge in [-0.1, -0.05) is 97.1 Å². The van der Waals surface area contributed by atoms with Gasteiger partial charge in [0, 0.05) is 0 Å². The Morgan fingerprint density at radius 3 is 0.536 bits per heavy atom. The minimum Gasteiger partial charge on any atom is -0.0620 e. The van der Waals surface area contributed by atoms with Gasteiger partial charge in [0.1, 0.15) is 0 Å². The fraction of sp³-hybridized carbons (Fsp3) is 0.143. The summed E-state index contributed by atoms with van der Waals surface area (Å²) in [7, 11) is 0. The Morgan fingerprint density at radius 2 is 0.393 bits per heavy atom. The van der Waals surface area contributed by atoms with Crippen molar-refractivity contribution < 1.29 is 0 Å². The predicted octanol–water partition coefficient (Wildman–Crippen LogP) is 6.36. The second kappa shape index (κ2) is 7.48. The summed E-state index contributed by atoms with van der Waals surface area (Å²) in [6, 6.07) is 35.8. The Kier molecular flexibility index (Phi) is 4.54. The van der Waals surface area contributed by atoms with E-state index in [0.717, 1.165) is 25.7 Å². The van der Waals surface area contributed by atoms with E-state index in [4.69, 9.17) is 0 Å². The maximum absolute atomic E-state index is 2.30. The molecular weight excluding hydrogens is 336 g/mol. The third-order valence-electron chi connectivity index (χ3n) is 6.00. The highest BCUT2D eigenvalue weighted by Crippen LogP contribution is 2.27. The van der Waals surface area contributed by atoms with E-state index in [2.05, 4.69) is 97.1 Å². The first-order valence-corrected chi connectivity index (χ1v) is 10.1. The predicted molar refractivity (Wildman–Crippen MR) is 117 cm³/mol. The first-order chi connectivity index (χ1) is 13.9. The second-order valence-electron chi connectivity index (χ2n) is 7.78. The van der Waals surface area contributed by atoms with Crippen LogP contribution in [0.3, 0.4) is 0 Å². The van der Waals surface area contributed by atoms with Crippen LogP contribution >= 0.6 is 0 Å².